The zero-order valence-corrected chi connectivity index (χ0v) is 12.0. The lowest BCUT2D eigenvalue weighted by Gasteiger charge is -2.35. The lowest BCUT2D eigenvalue weighted by atomic mass is 9.85. The molecular formula is C13H23N3S. The van der Waals surface area contributed by atoms with Crippen molar-refractivity contribution in [2.24, 2.45) is 5.92 Å². The molecule has 1 heterocycles. The molecule has 1 aliphatic rings. The summed E-state index contributed by atoms with van der Waals surface area (Å²) >= 11 is 1.76. The van der Waals surface area contributed by atoms with E-state index in [9.17, 15) is 0 Å². The maximum absolute atomic E-state index is 4.27. The third-order valence-corrected chi connectivity index (χ3v) is 4.88. The summed E-state index contributed by atoms with van der Waals surface area (Å²) in [5, 5.41) is 10.8. The highest BCUT2D eigenvalue weighted by Gasteiger charge is 2.25. The molecule has 0 spiro atoms. The first-order valence-corrected chi connectivity index (χ1v) is 7.53. The maximum Gasteiger partial charge on any atom is 0.131 e. The molecule has 0 unspecified atom stereocenters. The standard InChI is InChI=1S/C13H23N3S/c1-4-12-14-15-13(17-12)9-16(3)11-8-6-5-7-10(11)2/h10-11H,4-9H2,1-3H3/t10-,11-/m1/s1. The SMILES string of the molecule is CCc1nnc(CN(C)[C@@H]2CCCC[C@H]2C)s1. The number of hydrogen-bond acceptors (Lipinski definition) is 4. The van der Waals surface area contributed by atoms with Gasteiger partial charge in [-0.1, -0.05) is 26.7 Å². The van der Waals surface area contributed by atoms with E-state index in [1.807, 2.05) is 0 Å². The van der Waals surface area contributed by atoms with Crippen LogP contribution in [0.25, 0.3) is 0 Å². The Kier molecular flexibility index (Phi) is 4.51. The van der Waals surface area contributed by atoms with Gasteiger partial charge in [0.2, 0.25) is 0 Å². The Labute approximate surface area is 108 Å². The molecule has 0 radical (unpaired) electrons. The fourth-order valence-electron chi connectivity index (χ4n) is 2.78. The second-order valence-corrected chi connectivity index (χ2v) is 6.33. The fourth-order valence-corrected chi connectivity index (χ4v) is 3.63. The molecule has 96 valence electrons. The Morgan fingerprint density at radius 2 is 1.94 bits per heavy atom. The minimum Gasteiger partial charge on any atom is -0.296 e. The van der Waals surface area contributed by atoms with E-state index in [-0.39, 0.29) is 0 Å². The Morgan fingerprint density at radius 3 is 2.59 bits per heavy atom. The van der Waals surface area contributed by atoms with E-state index in [0.29, 0.717) is 0 Å². The van der Waals surface area contributed by atoms with Crippen molar-refractivity contribution < 1.29 is 0 Å². The topological polar surface area (TPSA) is 29.0 Å². The second-order valence-electron chi connectivity index (χ2n) is 5.19. The van der Waals surface area contributed by atoms with Crippen LogP contribution >= 0.6 is 11.3 Å². The van der Waals surface area contributed by atoms with Crippen LogP contribution in [-0.2, 0) is 13.0 Å². The number of aromatic nitrogens is 2. The van der Waals surface area contributed by atoms with Gasteiger partial charge >= 0.3 is 0 Å². The molecule has 1 aromatic rings. The van der Waals surface area contributed by atoms with Crippen molar-refractivity contribution in [1.82, 2.24) is 15.1 Å². The molecule has 2 rings (SSSR count). The number of rotatable bonds is 4. The minimum atomic E-state index is 0.734. The van der Waals surface area contributed by atoms with Crippen LogP contribution in [0.4, 0.5) is 0 Å². The smallest absolute Gasteiger partial charge is 0.131 e. The average Bonchev–Trinajstić information content (AvgIpc) is 2.77. The van der Waals surface area contributed by atoms with Crippen LogP contribution in [0, 0.1) is 5.92 Å². The molecule has 0 aliphatic heterocycles. The zero-order chi connectivity index (χ0) is 12.3. The Bertz CT molecular complexity index is 350. The van der Waals surface area contributed by atoms with Gasteiger partial charge in [0, 0.05) is 6.04 Å². The molecule has 4 heteroatoms. The number of nitrogens with zero attached hydrogens (tertiary/aromatic N) is 3. The molecule has 0 saturated heterocycles. The predicted octanol–water partition coefficient (Wildman–Crippen LogP) is 3.11. The Morgan fingerprint density at radius 1 is 1.24 bits per heavy atom. The Balaban J connectivity index is 1.93. The van der Waals surface area contributed by atoms with Gasteiger partial charge in [0.05, 0.1) is 6.54 Å². The summed E-state index contributed by atoms with van der Waals surface area (Å²) in [6.45, 7) is 5.49. The highest BCUT2D eigenvalue weighted by molar-refractivity contribution is 7.11. The first-order chi connectivity index (χ1) is 8.20. The first-order valence-electron chi connectivity index (χ1n) is 6.72. The quantitative estimate of drug-likeness (QED) is 0.825. The van der Waals surface area contributed by atoms with Crippen LogP contribution in [0.1, 0.15) is 49.5 Å². The van der Waals surface area contributed by atoms with Crippen molar-refractivity contribution in [3.63, 3.8) is 0 Å². The van der Waals surface area contributed by atoms with Gasteiger partial charge in [0.1, 0.15) is 10.0 Å². The normalized spacial score (nSPS) is 25.4. The van der Waals surface area contributed by atoms with E-state index in [1.54, 1.807) is 11.3 Å². The molecule has 0 aromatic carbocycles. The molecule has 3 nitrogen and oxygen atoms in total. The molecule has 0 amide bonds. The zero-order valence-electron chi connectivity index (χ0n) is 11.1. The summed E-state index contributed by atoms with van der Waals surface area (Å²) in [7, 11) is 2.24. The van der Waals surface area contributed by atoms with Gasteiger partial charge in [-0.05, 0) is 32.2 Å². The van der Waals surface area contributed by atoms with E-state index in [0.717, 1.165) is 29.9 Å². The summed E-state index contributed by atoms with van der Waals surface area (Å²) < 4.78 is 0. The van der Waals surface area contributed by atoms with Crippen LogP contribution in [0.3, 0.4) is 0 Å². The highest BCUT2D eigenvalue weighted by atomic mass is 32.1. The lowest BCUT2D eigenvalue weighted by molar-refractivity contribution is 0.133. The lowest BCUT2D eigenvalue weighted by Crippen LogP contribution is -2.38. The number of aryl methyl sites for hydroxylation is 1. The second kappa shape index (κ2) is 5.91. The van der Waals surface area contributed by atoms with Crippen molar-refractivity contribution >= 4 is 11.3 Å². The van der Waals surface area contributed by atoms with Gasteiger partial charge in [0.15, 0.2) is 0 Å². The molecule has 1 aromatic heterocycles. The van der Waals surface area contributed by atoms with Crippen LogP contribution in [0.15, 0.2) is 0 Å². The fraction of sp³-hybridized carbons (Fsp3) is 0.846. The third kappa shape index (κ3) is 3.26. The van der Waals surface area contributed by atoms with Crippen molar-refractivity contribution in [3.8, 4) is 0 Å². The van der Waals surface area contributed by atoms with Crippen molar-refractivity contribution in [2.75, 3.05) is 7.05 Å². The minimum absolute atomic E-state index is 0.734. The molecular weight excluding hydrogens is 230 g/mol. The van der Waals surface area contributed by atoms with E-state index in [4.69, 9.17) is 0 Å². The van der Waals surface area contributed by atoms with Crippen molar-refractivity contribution in [1.29, 1.82) is 0 Å². The number of hydrogen-bond donors (Lipinski definition) is 0. The molecule has 0 N–H and O–H groups in total. The van der Waals surface area contributed by atoms with Crippen molar-refractivity contribution in [2.45, 2.75) is 58.5 Å². The van der Waals surface area contributed by atoms with Gasteiger partial charge in [-0.15, -0.1) is 21.5 Å². The van der Waals surface area contributed by atoms with Gasteiger partial charge in [-0.3, -0.25) is 4.90 Å². The molecule has 1 saturated carbocycles. The first kappa shape index (κ1) is 13.0. The summed E-state index contributed by atoms with van der Waals surface area (Å²) in [5.41, 5.74) is 0. The Hall–Kier alpha value is -0.480. The van der Waals surface area contributed by atoms with E-state index < -0.39 is 0 Å². The largest absolute Gasteiger partial charge is 0.296 e. The van der Waals surface area contributed by atoms with Gasteiger partial charge < -0.3 is 0 Å². The van der Waals surface area contributed by atoms with Gasteiger partial charge in [0.25, 0.3) is 0 Å². The van der Waals surface area contributed by atoms with Gasteiger partial charge in [-0.2, -0.15) is 0 Å². The molecule has 17 heavy (non-hydrogen) atoms. The van der Waals surface area contributed by atoms with Crippen molar-refractivity contribution in [3.05, 3.63) is 10.0 Å². The summed E-state index contributed by atoms with van der Waals surface area (Å²) in [6.07, 6.45) is 6.52. The average molecular weight is 253 g/mol. The maximum atomic E-state index is 4.27. The predicted molar refractivity (Wildman–Crippen MR) is 72.2 cm³/mol. The monoisotopic (exact) mass is 253 g/mol. The van der Waals surface area contributed by atoms with E-state index in [2.05, 4.69) is 36.0 Å². The van der Waals surface area contributed by atoms with Crippen LogP contribution in [0.5, 0.6) is 0 Å². The molecule has 2 atom stereocenters. The summed E-state index contributed by atoms with van der Waals surface area (Å²) in [6, 6.07) is 0.734. The van der Waals surface area contributed by atoms with Crippen LogP contribution in [-0.4, -0.2) is 28.2 Å². The highest BCUT2D eigenvalue weighted by Crippen LogP contribution is 2.28. The molecule has 0 bridgehead atoms. The summed E-state index contributed by atoms with van der Waals surface area (Å²) in [5.74, 6) is 0.826. The summed E-state index contributed by atoms with van der Waals surface area (Å²) in [4.78, 5) is 2.48. The van der Waals surface area contributed by atoms with Crippen LogP contribution in [0.2, 0.25) is 0 Å². The van der Waals surface area contributed by atoms with Crippen LogP contribution < -0.4 is 0 Å². The third-order valence-electron chi connectivity index (χ3n) is 3.83. The van der Waals surface area contributed by atoms with E-state index in [1.165, 1.54) is 30.7 Å². The molecule has 1 aliphatic carbocycles. The van der Waals surface area contributed by atoms with E-state index >= 15 is 0 Å². The van der Waals surface area contributed by atoms with Gasteiger partial charge in [-0.25, -0.2) is 0 Å². The molecule has 1 fully saturated rings.